The Kier molecular flexibility index (Phi) is 2.97. The third kappa shape index (κ3) is 2.15. The maximum Gasteiger partial charge on any atom is 0.141 e. The van der Waals surface area contributed by atoms with E-state index in [1.165, 1.54) is 5.57 Å². The highest BCUT2D eigenvalue weighted by Gasteiger charge is 2.11. The molecule has 0 N–H and O–H groups in total. The van der Waals surface area contributed by atoms with E-state index >= 15 is 0 Å². The van der Waals surface area contributed by atoms with Crippen LogP contribution < -0.4 is 0 Å². The summed E-state index contributed by atoms with van der Waals surface area (Å²) in [6.45, 7) is 3.73. The van der Waals surface area contributed by atoms with Gasteiger partial charge in [-0.2, -0.15) is 5.10 Å². The molecule has 0 amide bonds. The normalized spacial score (nSPS) is 16.2. The average molecular weight is 206 g/mol. The lowest BCUT2D eigenvalue weighted by Gasteiger charge is -2.12. The fraction of sp³-hybridized carbons (Fsp3) is 0.455. The summed E-state index contributed by atoms with van der Waals surface area (Å²) in [6.07, 6.45) is 5.79. The summed E-state index contributed by atoms with van der Waals surface area (Å²) in [4.78, 5) is 10.4. The highest BCUT2D eigenvalue weighted by atomic mass is 16.5. The highest BCUT2D eigenvalue weighted by Crippen LogP contribution is 2.23. The Morgan fingerprint density at radius 1 is 1.67 bits per heavy atom. The standard InChI is InChI=1S/C11H14N2O2/c1-9-11(8-13(12-9)4-5-14)10-2-6-15-7-3-10/h2,5,8H,3-4,6-7H2,1H3. The molecule has 15 heavy (non-hydrogen) atoms. The van der Waals surface area contributed by atoms with Gasteiger partial charge in [0.05, 0.1) is 25.5 Å². The van der Waals surface area contributed by atoms with E-state index < -0.39 is 0 Å². The van der Waals surface area contributed by atoms with Crippen LogP contribution in [0.15, 0.2) is 12.3 Å². The van der Waals surface area contributed by atoms with Crippen LogP contribution >= 0.6 is 0 Å². The highest BCUT2D eigenvalue weighted by molar-refractivity contribution is 5.67. The second kappa shape index (κ2) is 4.40. The van der Waals surface area contributed by atoms with Gasteiger partial charge in [0.25, 0.3) is 0 Å². The van der Waals surface area contributed by atoms with Gasteiger partial charge in [-0.05, 0) is 18.9 Å². The summed E-state index contributed by atoms with van der Waals surface area (Å²) in [5, 5.41) is 4.28. The van der Waals surface area contributed by atoms with Gasteiger partial charge in [-0.3, -0.25) is 4.68 Å². The van der Waals surface area contributed by atoms with E-state index in [2.05, 4.69) is 11.2 Å². The van der Waals surface area contributed by atoms with E-state index in [-0.39, 0.29) is 0 Å². The van der Waals surface area contributed by atoms with Crippen molar-refractivity contribution in [3.05, 3.63) is 23.5 Å². The molecule has 0 fully saturated rings. The second-order valence-electron chi connectivity index (χ2n) is 3.57. The summed E-state index contributed by atoms with van der Waals surface area (Å²) in [5.74, 6) is 0. The van der Waals surface area contributed by atoms with Crippen LogP contribution in [0.3, 0.4) is 0 Å². The van der Waals surface area contributed by atoms with E-state index in [9.17, 15) is 4.79 Å². The topological polar surface area (TPSA) is 44.1 Å². The number of carbonyl (C=O) groups is 1. The van der Waals surface area contributed by atoms with Crippen LogP contribution in [0.4, 0.5) is 0 Å². The average Bonchev–Trinajstić information content (AvgIpc) is 2.61. The molecular formula is C11H14N2O2. The zero-order valence-electron chi connectivity index (χ0n) is 8.77. The van der Waals surface area contributed by atoms with Crippen molar-refractivity contribution in [1.29, 1.82) is 0 Å². The number of aromatic nitrogens is 2. The van der Waals surface area contributed by atoms with Gasteiger partial charge in [0.2, 0.25) is 0 Å². The smallest absolute Gasteiger partial charge is 0.141 e. The summed E-state index contributed by atoms with van der Waals surface area (Å²) in [7, 11) is 0. The summed E-state index contributed by atoms with van der Waals surface area (Å²) in [5.41, 5.74) is 3.39. The zero-order valence-corrected chi connectivity index (χ0v) is 8.77. The lowest BCUT2D eigenvalue weighted by Crippen LogP contribution is -2.03. The summed E-state index contributed by atoms with van der Waals surface area (Å²) in [6, 6.07) is 0. The van der Waals surface area contributed by atoms with Crippen molar-refractivity contribution in [2.24, 2.45) is 0 Å². The monoisotopic (exact) mass is 206 g/mol. The van der Waals surface area contributed by atoms with Gasteiger partial charge in [0, 0.05) is 11.8 Å². The van der Waals surface area contributed by atoms with Crippen LogP contribution in [0.25, 0.3) is 5.57 Å². The van der Waals surface area contributed by atoms with E-state index in [1.54, 1.807) is 4.68 Å². The number of aldehydes is 1. The van der Waals surface area contributed by atoms with Crippen LogP contribution in [-0.4, -0.2) is 29.3 Å². The molecule has 0 saturated heterocycles. The Morgan fingerprint density at radius 2 is 2.53 bits per heavy atom. The molecule has 0 unspecified atom stereocenters. The molecule has 4 nitrogen and oxygen atoms in total. The van der Waals surface area contributed by atoms with Crippen molar-refractivity contribution in [2.75, 3.05) is 13.2 Å². The molecule has 0 aliphatic carbocycles. The maximum absolute atomic E-state index is 10.4. The number of hydrogen-bond donors (Lipinski definition) is 0. The van der Waals surface area contributed by atoms with Crippen LogP contribution in [0, 0.1) is 6.92 Å². The minimum atomic E-state index is 0.324. The minimum absolute atomic E-state index is 0.324. The molecule has 0 spiro atoms. The molecule has 0 saturated carbocycles. The predicted octanol–water partition coefficient (Wildman–Crippen LogP) is 1.19. The number of carbonyl (C=O) groups excluding carboxylic acids is 1. The second-order valence-corrected chi connectivity index (χ2v) is 3.57. The molecular weight excluding hydrogens is 192 g/mol. The van der Waals surface area contributed by atoms with Crippen molar-refractivity contribution >= 4 is 11.9 Å². The van der Waals surface area contributed by atoms with Crippen LogP contribution in [0.2, 0.25) is 0 Å². The number of ether oxygens (including phenoxy) is 1. The lowest BCUT2D eigenvalue weighted by atomic mass is 10.0. The first-order valence-corrected chi connectivity index (χ1v) is 5.06. The largest absolute Gasteiger partial charge is 0.377 e. The molecule has 4 heteroatoms. The first-order chi connectivity index (χ1) is 7.31. The zero-order chi connectivity index (χ0) is 10.7. The molecule has 1 aromatic rings. The molecule has 2 heterocycles. The van der Waals surface area contributed by atoms with Gasteiger partial charge in [0.1, 0.15) is 6.29 Å². The molecule has 0 atom stereocenters. The first-order valence-electron chi connectivity index (χ1n) is 5.06. The number of nitrogens with zero attached hydrogens (tertiary/aromatic N) is 2. The molecule has 1 aliphatic heterocycles. The fourth-order valence-electron chi connectivity index (χ4n) is 1.77. The third-order valence-electron chi connectivity index (χ3n) is 2.52. The molecule has 1 aromatic heterocycles. The van der Waals surface area contributed by atoms with Crippen LogP contribution in [0.1, 0.15) is 17.7 Å². The van der Waals surface area contributed by atoms with Crippen LogP contribution in [-0.2, 0) is 16.1 Å². The van der Waals surface area contributed by atoms with Crippen molar-refractivity contribution < 1.29 is 9.53 Å². The van der Waals surface area contributed by atoms with Gasteiger partial charge in [-0.25, -0.2) is 0 Å². The Bertz CT molecular complexity index is 393. The van der Waals surface area contributed by atoms with Gasteiger partial charge in [-0.1, -0.05) is 6.08 Å². The number of hydrogen-bond acceptors (Lipinski definition) is 3. The third-order valence-corrected chi connectivity index (χ3v) is 2.52. The summed E-state index contributed by atoms with van der Waals surface area (Å²) < 4.78 is 6.93. The number of rotatable bonds is 3. The SMILES string of the molecule is Cc1nn(CC=O)cc1C1=CCOCC1. The van der Waals surface area contributed by atoms with Gasteiger partial charge >= 0.3 is 0 Å². The van der Waals surface area contributed by atoms with Crippen molar-refractivity contribution in [3.63, 3.8) is 0 Å². The molecule has 80 valence electrons. The van der Waals surface area contributed by atoms with E-state index in [4.69, 9.17) is 4.74 Å². The fourth-order valence-corrected chi connectivity index (χ4v) is 1.77. The Morgan fingerprint density at radius 3 is 3.20 bits per heavy atom. The number of aryl methyl sites for hydroxylation is 1. The Hall–Kier alpha value is -1.42. The predicted molar refractivity (Wildman–Crippen MR) is 56.4 cm³/mol. The molecule has 1 aliphatic rings. The quantitative estimate of drug-likeness (QED) is 0.698. The van der Waals surface area contributed by atoms with Crippen LogP contribution in [0.5, 0.6) is 0 Å². The minimum Gasteiger partial charge on any atom is -0.377 e. The van der Waals surface area contributed by atoms with Gasteiger partial charge in [0.15, 0.2) is 0 Å². The lowest BCUT2D eigenvalue weighted by molar-refractivity contribution is -0.108. The molecule has 0 aromatic carbocycles. The Balaban J connectivity index is 2.26. The van der Waals surface area contributed by atoms with E-state index in [0.717, 1.165) is 30.6 Å². The molecule has 2 rings (SSSR count). The molecule has 0 bridgehead atoms. The first kappa shape index (κ1) is 10.1. The van der Waals surface area contributed by atoms with Crippen molar-refractivity contribution in [2.45, 2.75) is 19.9 Å². The maximum atomic E-state index is 10.4. The summed E-state index contributed by atoms with van der Waals surface area (Å²) >= 11 is 0. The van der Waals surface area contributed by atoms with E-state index in [0.29, 0.717) is 13.2 Å². The van der Waals surface area contributed by atoms with Gasteiger partial charge < -0.3 is 9.53 Å². The van der Waals surface area contributed by atoms with Crippen molar-refractivity contribution in [1.82, 2.24) is 9.78 Å². The van der Waals surface area contributed by atoms with Crippen molar-refractivity contribution in [3.8, 4) is 0 Å². The van der Waals surface area contributed by atoms with E-state index in [1.807, 2.05) is 13.1 Å². The Labute approximate surface area is 88.5 Å². The molecule has 0 radical (unpaired) electrons. The van der Waals surface area contributed by atoms with Gasteiger partial charge in [-0.15, -0.1) is 0 Å².